The van der Waals surface area contributed by atoms with Crippen LogP contribution in [0.15, 0.2) is 48.5 Å². The summed E-state index contributed by atoms with van der Waals surface area (Å²) < 4.78 is 0. The number of rotatable bonds is 16. The minimum Gasteiger partial charge on any atom is -0.733 e. The molecule has 0 radical (unpaired) electrons. The molecule has 0 saturated heterocycles. The number of nitrogens with one attached hydrogen (secondary N) is 1. The number of carbonyl (C=O) groups excluding carboxylic acids is 1. The molecule has 0 aromatic heterocycles. The Balaban J connectivity index is 1.62. The number of carbonyl (C=O) groups is 1. The lowest BCUT2D eigenvalue weighted by Crippen LogP contribution is -2.24. The number of unbranched alkanes of at least 4 members (excludes halogenated alkanes) is 9. The normalized spacial score (nSPS) is 10.8. The smallest absolute Gasteiger partial charge is 0.251 e. The average molecular weight is 440 g/mol. The van der Waals surface area contributed by atoms with Gasteiger partial charge in [0.25, 0.3) is 5.91 Å². The van der Waals surface area contributed by atoms with E-state index < -0.39 is 0 Å². The number of amides is 1. The van der Waals surface area contributed by atoms with E-state index in [4.69, 9.17) is 5.21 Å². The Kier molecular flexibility index (Phi) is 12.5. The van der Waals surface area contributed by atoms with Crippen molar-refractivity contribution in [3.05, 3.63) is 70.4 Å². The van der Waals surface area contributed by atoms with E-state index in [1.54, 1.807) is 12.1 Å². The van der Waals surface area contributed by atoms with Crippen molar-refractivity contribution in [1.29, 1.82) is 0 Å². The minimum atomic E-state index is -0.137. The predicted molar refractivity (Wildman–Crippen MR) is 132 cm³/mol. The highest BCUT2D eigenvalue weighted by Gasteiger charge is 2.06. The fourth-order valence-corrected chi connectivity index (χ4v) is 3.86. The van der Waals surface area contributed by atoms with Gasteiger partial charge in [-0.25, -0.2) is 0 Å². The second-order valence-electron chi connectivity index (χ2n) is 8.58. The molecule has 1 amide bonds. The molecule has 0 bridgehead atoms. The largest absolute Gasteiger partial charge is 0.733 e. The fourth-order valence-electron chi connectivity index (χ4n) is 3.86. The molecule has 2 rings (SSSR count). The van der Waals surface area contributed by atoms with Crippen LogP contribution in [0.5, 0.6) is 0 Å². The molecule has 0 heterocycles. The van der Waals surface area contributed by atoms with Gasteiger partial charge in [0, 0.05) is 12.1 Å². The highest BCUT2D eigenvalue weighted by molar-refractivity contribution is 5.94. The van der Waals surface area contributed by atoms with Crippen LogP contribution in [0.25, 0.3) is 0 Å². The molecule has 2 N–H and O–H groups in total. The van der Waals surface area contributed by atoms with Crippen LogP contribution in [0.3, 0.4) is 0 Å². The van der Waals surface area contributed by atoms with Crippen LogP contribution in [0.2, 0.25) is 0 Å². The predicted octanol–water partition coefficient (Wildman–Crippen LogP) is 6.82. The van der Waals surface area contributed by atoms with Crippen molar-refractivity contribution in [3.63, 3.8) is 0 Å². The number of nitrogens with zero attached hydrogens (tertiary/aromatic N) is 1. The molecule has 0 aliphatic heterocycles. The quantitative estimate of drug-likeness (QED) is 0.222. The molecule has 32 heavy (non-hydrogen) atoms. The Morgan fingerprint density at radius 2 is 1.44 bits per heavy atom. The van der Waals surface area contributed by atoms with Gasteiger partial charge in [-0.05, 0) is 54.7 Å². The number of aryl methyl sites for hydroxylation is 2. The molecule has 0 atom stereocenters. The van der Waals surface area contributed by atoms with Crippen LogP contribution >= 0.6 is 0 Å². The number of hydrogen-bond donors (Lipinski definition) is 2. The van der Waals surface area contributed by atoms with Crippen molar-refractivity contribution in [2.75, 3.05) is 11.8 Å². The molecule has 0 unspecified atom stereocenters. The molecule has 5 nitrogen and oxygen atoms in total. The maximum Gasteiger partial charge on any atom is 0.251 e. The monoisotopic (exact) mass is 439 g/mol. The Hall–Kier alpha value is -2.37. The van der Waals surface area contributed by atoms with Crippen LogP contribution < -0.4 is 10.5 Å². The third-order valence-electron chi connectivity index (χ3n) is 5.86. The topological polar surface area (TPSA) is 75.6 Å². The first-order chi connectivity index (χ1) is 15.6. The van der Waals surface area contributed by atoms with Crippen LogP contribution in [0, 0.1) is 5.21 Å². The summed E-state index contributed by atoms with van der Waals surface area (Å²) in [6.07, 6.45) is 14.5. The lowest BCUT2D eigenvalue weighted by molar-refractivity contribution is 0.0953. The summed E-state index contributed by atoms with van der Waals surface area (Å²) in [6, 6.07) is 14.6. The molecule has 2 aromatic carbocycles. The van der Waals surface area contributed by atoms with E-state index in [0.29, 0.717) is 5.56 Å². The van der Waals surface area contributed by atoms with Gasteiger partial charge in [0.2, 0.25) is 0 Å². The standard InChI is InChI=1S/C27H39N2O3/c1-2-3-4-5-6-7-8-9-10-11-21-28-27(30)25-14-12-13-24(22-25)16-15-23-17-19-26(20-18-23)29(31)32/h12-14,17-20,22,31H,2-11,15-16,21H2,1H3,(H,28,30)/q-1. The summed E-state index contributed by atoms with van der Waals surface area (Å²) in [4.78, 5) is 12.5. The third-order valence-corrected chi connectivity index (χ3v) is 5.86. The zero-order valence-electron chi connectivity index (χ0n) is 19.5. The molecular weight excluding hydrogens is 400 g/mol. The number of anilines is 1. The van der Waals surface area contributed by atoms with E-state index in [9.17, 15) is 10.0 Å². The number of hydrogen-bond acceptors (Lipinski definition) is 4. The second-order valence-corrected chi connectivity index (χ2v) is 8.58. The fraction of sp³-hybridized carbons (Fsp3) is 0.519. The van der Waals surface area contributed by atoms with Gasteiger partial charge in [-0.2, -0.15) is 0 Å². The van der Waals surface area contributed by atoms with Gasteiger partial charge in [-0.3, -0.25) is 10.0 Å². The molecular formula is C27H39N2O3-. The highest BCUT2D eigenvalue weighted by atomic mass is 16.8. The van der Waals surface area contributed by atoms with Crippen molar-refractivity contribution >= 4 is 11.6 Å². The van der Waals surface area contributed by atoms with E-state index in [1.165, 1.54) is 57.8 Å². The van der Waals surface area contributed by atoms with E-state index in [0.717, 1.165) is 36.9 Å². The van der Waals surface area contributed by atoms with Crippen LogP contribution in [-0.2, 0) is 12.8 Å². The maximum absolute atomic E-state index is 12.5. The molecule has 0 saturated carbocycles. The van der Waals surface area contributed by atoms with Crippen LogP contribution in [0.1, 0.15) is 92.6 Å². The summed E-state index contributed by atoms with van der Waals surface area (Å²) in [6.45, 7) is 2.98. The first kappa shape index (κ1) is 25.9. The van der Waals surface area contributed by atoms with Gasteiger partial charge in [0.05, 0.1) is 5.69 Å². The Bertz CT molecular complexity index is 775. The Labute approximate surface area is 193 Å². The van der Waals surface area contributed by atoms with Gasteiger partial charge >= 0.3 is 0 Å². The van der Waals surface area contributed by atoms with E-state index >= 15 is 0 Å². The highest BCUT2D eigenvalue weighted by Crippen LogP contribution is 2.15. The zero-order chi connectivity index (χ0) is 23.0. The SMILES string of the molecule is CCCCCCCCCCCCNC(=O)c1cccc(CCc2ccc(N([O-])O)cc2)c1. The summed E-state index contributed by atoms with van der Waals surface area (Å²) in [5.74, 6) is -0.00869. The second kappa shape index (κ2) is 15.4. The summed E-state index contributed by atoms with van der Waals surface area (Å²) in [5, 5.41) is 22.7. The van der Waals surface area contributed by atoms with Crippen molar-refractivity contribution in [2.24, 2.45) is 0 Å². The summed E-state index contributed by atoms with van der Waals surface area (Å²) in [5.41, 5.74) is 3.10. The average Bonchev–Trinajstić information content (AvgIpc) is 2.81. The van der Waals surface area contributed by atoms with E-state index in [2.05, 4.69) is 12.2 Å². The van der Waals surface area contributed by atoms with Crippen molar-refractivity contribution in [2.45, 2.75) is 84.0 Å². The van der Waals surface area contributed by atoms with E-state index in [-0.39, 0.29) is 16.8 Å². The van der Waals surface area contributed by atoms with Crippen molar-refractivity contribution < 1.29 is 10.0 Å². The van der Waals surface area contributed by atoms with Crippen LogP contribution in [-0.4, -0.2) is 17.7 Å². The van der Waals surface area contributed by atoms with Gasteiger partial charge < -0.3 is 15.8 Å². The molecule has 2 aromatic rings. The molecule has 176 valence electrons. The summed E-state index contributed by atoms with van der Waals surface area (Å²) >= 11 is 0. The Morgan fingerprint density at radius 1 is 0.844 bits per heavy atom. The Morgan fingerprint density at radius 3 is 2.06 bits per heavy atom. The van der Waals surface area contributed by atoms with E-state index in [1.807, 2.05) is 36.4 Å². The lowest BCUT2D eigenvalue weighted by atomic mass is 10.0. The first-order valence-corrected chi connectivity index (χ1v) is 12.2. The number of benzene rings is 2. The summed E-state index contributed by atoms with van der Waals surface area (Å²) in [7, 11) is 0. The van der Waals surface area contributed by atoms with Gasteiger partial charge in [0.15, 0.2) is 0 Å². The van der Waals surface area contributed by atoms with Gasteiger partial charge in [-0.15, -0.1) is 0 Å². The van der Waals surface area contributed by atoms with Crippen molar-refractivity contribution in [1.82, 2.24) is 5.32 Å². The van der Waals surface area contributed by atoms with Gasteiger partial charge in [-0.1, -0.05) is 89.0 Å². The molecule has 0 spiro atoms. The zero-order valence-corrected chi connectivity index (χ0v) is 19.5. The molecule has 0 aliphatic carbocycles. The van der Waals surface area contributed by atoms with Crippen LogP contribution in [0.4, 0.5) is 5.69 Å². The minimum absolute atomic E-state index is 0.00869. The maximum atomic E-state index is 12.5. The first-order valence-electron chi connectivity index (χ1n) is 12.2. The molecule has 5 heteroatoms. The lowest BCUT2D eigenvalue weighted by Gasteiger charge is -2.21. The van der Waals surface area contributed by atoms with Crippen molar-refractivity contribution in [3.8, 4) is 0 Å². The van der Waals surface area contributed by atoms with Gasteiger partial charge in [0.1, 0.15) is 0 Å². The third kappa shape index (κ3) is 10.3. The molecule has 0 aliphatic rings. The molecule has 0 fully saturated rings.